The van der Waals surface area contributed by atoms with Gasteiger partial charge in [-0.2, -0.15) is 0 Å². The topological polar surface area (TPSA) is 64.7 Å². The molecule has 0 aliphatic carbocycles. The molecule has 1 atom stereocenters. The number of hydrogen-bond donors (Lipinski definition) is 2. The molecule has 0 aliphatic heterocycles. The van der Waals surface area contributed by atoms with Gasteiger partial charge in [0.05, 0.1) is 18.1 Å². The SMILES string of the molecule is CCC[C@@](N)(CO)CCc1ccc(Sc2cc(OCC)ccc2OCc2ccccc2)cc1Cl. The van der Waals surface area contributed by atoms with Gasteiger partial charge in [0.2, 0.25) is 0 Å². The summed E-state index contributed by atoms with van der Waals surface area (Å²) in [6.07, 6.45) is 3.15. The summed E-state index contributed by atoms with van der Waals surface area (Å²) in [7, 11) is 0. The van der Waals surface area contributed by atoms with Crippen LogP contribution in [0.3, 0.4) is 0 Å². The Hall–Kier alpha value is -2.18. The summed E-state index contributed by atoms with van der Waals surface area (Å²) in [5, 5.41) is 10.4. The molecule has 0 aliphatic rings. The lowest BCUT2D eigenvalue weighted by atomic mass is 9.89. The van der Waals surface area contributed by atoms with Crippen molar-refractivity contribution < 1.29 is 14.6 Å². The highest BCUT2D eigenvalue weighted by atomic mass is 35.5. The highest BCUT2D eigenvalue weighted by Gasteiger charge is 2.23. The summed E-state index contributed by atoms with van der Waals surface area (Å²) in [4.78, 5) is 1.98. The molecule has 0 heterocycles. The summed E-state index contributed by atoms with van der Waals surface area (Å²) in [6, 6.07) is 22.1. The van der Waals surface area contributed by atoms with Crippen molar-refractivity contribution in [3.8, 4) is 11.5 Å². The molecule has 3 N–H and O–H groups in total. The molecule has 3 aromatic carbocycles. The number of ether oxygens (including phenoxy) is 2. The third kappa shape index (κ3) is 7.67. The van der Waals surface area contributed by atoms with Crippen LogP contribution in [0.5, 0.6) is 11.5 Å². The number of aryl methyl sites for hydroxylation is 1. The Morgan fingerprint density at radius 2 is 1.76 bits per heavy atom. The lowest BCUT2D eigenvalue weighted by Gasteiger charge is -2.27. The van der Waals surface area contributed by atoms with E-state index in [2.05, 4.69) is 13.0 Å². The third-order valence-corrected chi connectivity index (χ3v) is 7.05. The maximum absolute atomic E-state index is 9.69. The molecular formula is C28H34ClNO3S. The van der Waals surface area contributed by atoms with Gasteiger partial charge in [-0.05, 0) is 67.6 Å². The fourth-order valence-electron chi connectivity index (χ4n) is 3.77. The van der Waals surface area contributed by atoms with E-state index >= 15 is 0 Å². The maximum atomic E-state index is 9.69. The molecule has 0 fully saturated rings. The summed E-state index contributed by atoms with van der Waals surface area (Å²) in [5.41, 5.74) is 7.93. The number of hydrogen-bond acceptors (Lipinski definition) is 5. The largest absolute Gasteiger partial charge is 0.494 e. The van der Waals surface area contributed by atoms with Crippen molar-refractivity contribution in [2.45, 2.75) is 61.5 Å². The monoisotopic (exact) mass is 499 g/mol. The van der Waals surface area contributed by atoms with Crippen LogP contribution in [0.4, 0.5) is 0 Å². The number of halogens is 1. The first-order chi connectivity index (χ1) is 16.5. The minimum atomic E-state index is -0.559. The van der Waals surface area contributed by atoms with E-state index in [1.54, 1.807) is 11.8 Å². The average Bonchev–Trinajstić information content (AvgIpc) is 2.84. The number of aliphatic hydroxyl groups is 1. The van der Waals surface area contributed by atoms with Crippen molar-refractivity contribution in [2.75, 3.05) is 13.2 Å². The molecule has 0 saturated heterocycles. The lowest BCUT2D eigenvalue weighted by molar-refractivity contribution is 0.177. The maximum Gasteiger partial charge on any atom is 0.133 e. The summed E-state index contributed by atoms with van der Waals surface area (Å²) >= 11 is 8.23. The first kappa shape index (κ1) is 26.4. The van der Waals surface area contributed by atoms with Crippen LogP contribution >= 0.6 is 23.4 Å². The second kappa shape index (κ2) is 13.1. The van der Waals surface area contributed by atoms with E-state index in [-0.39, 0.29) is 6.61 Å². The van der Waals surface area contributed by atoms with Gasteiger partial charge < -0.3 is 20.3 Å². The first-order valence-electron chi connectivity index (χ1n) is 11.8. The number of nitrogens with two attached hydrogens (primary N) is 1. The average molecular weight is 500 g/mol. The molecule has 0 spiro atoms. The van der Waals surface area contributed by atoms with Crippen molar-refractivity contribution >= 4 is 23.4 Å². The molecule has 0 amide bonds. The van der Waals surface area contributed by atoms with Gasteiger partial charge in [-0.15, -0.1) is 0 Å². The third-order valence-electron chi connectivity index (χ3n) is 5.67. The fraction of sp³-hybridized carbons (Fsp3) is 0.357. The van der Waals surface area contributed by atoms with Crippen LogP contribution in [0.2, 0.25) is 5.02 Å². The summed E-state index contributed by atoms with van der Waals surface area (Å²) in [5.74, 6) is 1.60. The van der Waals surface area contributed by atoms with E-state index < -0.39 is 5.54 Å². The Balaban J connectivity index is 1.75. The number of benzene rings is 3. The second-order valence-corrected chi connectivity index (χ2v) is 9.96. The molecule has 0 saturated carbocycles. The predicted octanol–water partition coefficient (Wildman–Crippen LogP) is 6.89. The van der Waals surface area contributed by atoms with E-state index in [1.165, 1.54) is 0 Å². The molecule has 3 rings (SSSR count). The van der Waals surface area contributed by atoms with Gasteiger partial charge >= 0.3 is 0 Å². The van der Waals surface area contributed by atoms with E-state index in [4.69, 9.17) is 26.8 Å². The summed E-state index contributed by atoms with van der Waals surface area (Å²) < 4.78 is 11.9. The van der Waals surface area contributed by atoms with Crippen LogP contribution in [-0.2, 0) is 13.0 Å². The minimum Gasteiger partial charge on any atom is -0.494 e. The van der Waals surface area contributed by atoms with Gasteiger partial charge in [-0.25, -0.2) is 0 Å². The van der Waals surface area contributed by atoms with Crippen LogP contribution in [0.1, 0.15) is 44.2 Å². The molecule has 4 nitrogen and oxygen atoms in total. The zero-order chi connectivity index (χ0) is 24.4. The molecule has 3 aromatic rings. The Morgan fingerprint density at radius 1 is 0.971 bits per heavy atom. The quantitative estimate of drug-likeness (QED) is 0.268. The van der Waals surface area contributed by atoms with Gasteiger partial charge in [0.15, 0.2) is 0 Å². The zero-order valence-corrected chi connectivity index (χ0v) is 21.5. The molecule has 34 heavy (non-hydrogen) atoms. The Bertz CT molecular complexity index is 1050. The first-order valence-corrected chi connectivity index (χ1v) is 13.0. The molecule has 0 bridgehead atoms. The molecule has 0 aromatic heterocycles. The normalized spacial score (nSPS) is 12.9. The van der Waals surface area contributed by atoms with Crippen molar-refractivity contribution in [3.05, 3.63) is 82.9 Å². The van der Waals surface area contributed by atoms with Crippen LogP contribution in [-0.4, -0.2) is 23.9 Å². The van der Waals surface area contributed by atoms with E-state index in [0.717, 1.165) is 51.7 Å². The predicted molar refractivity (Wildman–Crippen MR) is 141 cm³/mol. The molecular weight excluding hydrogens is 466 g/mol. The fourth-order valence-corrected chi connectivity index (χ4v) is 5.07. The van der Waals surface area contributed by atoms with Gasteiger partial charge in [0.1, 0.15) is 18.1 Å². The van der Waals surface area contributed by atoms with Crippen molar-refractivity contribution in [1.29, 1.82) is 0 Å². The van der Waals surface area contributed by atoms with Crippen LogP contribution in [0, 0.1) is 0 Å². The molecule has 6 heteroatoms. The van der Waals surface area contributed by atoms with Crippen LogP contribution in [0.15, 0.2) is 76.5 Å². The van der Waals surface area contributed by atoms with Gasteiger partial charge in [-0.3, -0.25) is 0 Å². The Morgan fingerprint density at radius 3 is 2.44 bits per heavy atom. The van der Waals surface area contributed by atoms with Gasteiger partial charge in [0.25, 0.3) is 0 Å². The highest BCUT2D eigenvalue weighted by Crippen LogP contribution is 2.39. The van der Waals surface area contributed by atoms with Crippen molar-refractivity contribution in [2.24, 2.45) is 5.73 Å². The number of rotatable bonds is 13. The minimum absolute atomic E-state index is 0.0195. The van der Waals surface area contributed by atoms with Crippen molar-refractivity contribution in [3.63, 3.8) is 0 Å². The lowest BCUT2D eigenvalue weighted by Crippen LogP contribution is -2.43. The van der Waals surface area contributed by atoms with Crippen molar-refractivity contribution in [1.82, 2.24) is 0 Å². The Labute approximate surface area is 212 Å². The number of aliphatic hydroxyl groups excluding tert-OH is 1. The smallest absolute Gasteiger partial charge is 0.133 e. The molecule has 182 valence electrons. The molecule has 0 radical (unpaired) electrons. The van der Waals surface area contributed by atoms with Gasteiger partial charge in [-0.1, -0.05) is 73.1 Å². The molecule has 0 unspecified atom stereocenters. The zero-order valence-electron chi connectivity index (χ0n) is 19.9. The second-order valence-electron chi connectivity index (χ2n) is 8.44. The standard InChI is InChI=1S/C28H34ClNO3S/c1-3-15-28(30,20-31)16-14-22-10-12-24(18-25(22)29)34-27-17-23(32-4-2)11-13-26(27)33-19-21-8-6-5-7-9-21/h5-13,17-18,31H,3-4,14-16,19-20,30H2,1-2H3/t28-/m0/s1. The van der Waals surface area contributed by atoms with E-state index in [0.29, 0.717) is 24.7 Å². The van der Waals surface area contributed by atoms with E-state index in [1.807, 2.05) is 67.6 Å². The van der Waals surface area contributed by atoms with Crippen LogP contribution in [0.25, 0.3) is 0 Å². The van der Waals surface area contributed by atoms with Gasteiger partial charge in [0, 0.05) is 15.5 Å². The summed E-state index contributed by atoms with van der Waals surface area (Å²) in [6.45, 7) is 5.12. The highest BCUT2D eigenvalue weighted by molar-refractivity contribution is 7.99. The van der Waals surface area contributed by atoms with Crippen LogP contribution < -0.4 is 15.2 Å². The van der Waals surface area contributed by atoms with E-state index in [9.17, 15) is 5.11 Å². The Kier molecular flexibility index (Phi) is 10.1.